The molecule has 3 aromatic heterocycles. The van der Waals surface area contributed by atoms with Crippen LogP contribution in [-0.4, -0.2) is 71.6 Å². The van der Waals surface area contributed by atoms with Crippen molar-refractivity contribution in [3.05, 3.63) is 47.6 Å². The summed E-state index contributed by atoms with van der Waals surface area (Å²) in [6.07, 6.45) is 1.69. The predicted octanol–water partition coefficient (Wildman–Crippen LogP) is 3.85. The number of anilines is 2. The normalized spacial score (nSPS) is 18.7. The van der Waals surface area contributed by atoms with Crippen molar-refractivity contribution in [2.24, 2.45) is 0 Å². The lowest BCUT2D eigenvalue weighted by molar-refractivity contribution is 0.0949. The largest absolute Gasteiger partial charge is 0.381 e. The molecule has 1 amide bonds. The molecule has 0 aliphatic carbocycles. The number of nitrogens with zero attached hydrogens (tertiary/aromatic N) is 5. The van der Waals surface area contributed by atoms with Crippen LogP contribution in [0.15, 0.2) is 36.9 Å². The molecule has 1 aromatic carbocycles. The summed E-state index contributed by atoms with van der Waals surface area (Å²) < 4.78 is 1.07. The van der Waals surface area contributed by atoms with Crippen LogP contribution >= 0.6 is 11.3 Å². The number of aromatic nitrogens is 3. The van der Waals surface area contributed by atoms with E-state index in [4.69, 9.17) is 15.0 Å². The average Bonchev–Trinajstić information content (AvgIpc) is 3.20. The van der Waals surface area contributed by atoms with Crippen LogP contribution in [0.2, 0.25) is 0 Å². The van der Waals surface area contributed by atoms with Gasteiger partial charge < -0.3 is 20.4 Å². The van der Waals surface area contributed by atoms with Gasteiger partial charge in [-0.25, -0.2) is 15.0 Å². The van der Waals surface area contributed by atoms with Gasteiger partial charge in [-0.05, 0) is 44.3 Å². The maximum Gasteiger partial charge on any atom is 0.263 e. The van der Waals surface area contributed by atoms with Crippen molar-refractivity contribution in [1.29, 1.82) is 0 Å². The van der Waals surface area contributed by atoms with Gasteiger partial charge in [0.1, 0.15) is 10.7 Å². The third kappa shape index (κ3) is 3.90. The molecule has 9 heteroatoms. The molecule has 1 fully saturated rings. The zero-order valence-electron chi connectivity index (χ0n) is 19.8. The summed E-state index contributed by atoms with van der Waals surface area (Å²) in [7, 11) is 2.14. The Labute approximate surface area is 207 Å². The highest BCUT2D eigenvalue weighted by molar-refractivity contribution is 7.21. The quantitative estimate of drug-likeness (QED) is 0.456. The number of benzene rings is 1. The number of nitrogens with one attached hydrogen (secondary N) is 2. The minimum atomic E-state index is -0.0224. The highest BCUT2D eigenvalue weighted by Crippen LogP contribution is 2.41. The molecule has 35 heavy (non-hydrogen) atoms. The molecule has 2 aliphatic rings. The molecule has 5 heterocycles. The Kier molecular flexibility index (Phi) is 5.38. The van der Waals surface area contributed by atoms with E-state index in [1.165, 1.54) is 11.3 Å². The first-order valence-corrected chi connectivity index (χ1v) is 12.7. The van der Waals surface area contributed by atoms with E-state index in [1.807, 2.05) is 25.1 Å². The van der Waals surface area contributed by atoms with Gasteiger partial charge in [-0.3, -0.25) is 4.79 Å². The van der Waals surface area contributed by atoms with Crippen LogP contribution in [0.25, 0.3) is 38.5 Å². The van der Waals surface area contributed by atoms with Crippen LogP contribution in [0.3, 0.4) is 0 Å². The van der Waals surface area contributed by atoms with Crippen molar-refractivity contribution in [3.8, 4) is 11.4 Å². The van der Waals surface area contributed by atoms with E-state index in [9.17, 15) is 4.79 Å². The molecule has 1 atom stereocenters. The van der Waals surface area contributed by atoms with E-state index in [0.29, 0.717) is 12.4 Å². The van der Waals surface area contributed by atoms with Gasteiger partial charge in [-0.2, -0.15) is 0 Å². The Hall–Kier alpha value is -3.56. The number of carbonyl (C=O) groups excluding carboxylic acids is 1. The van der Waals surface area contributed by atoms with Crippen molar-refractivity contribution in [2.75, 3.05) is 50.0 Å². The first-order chi connectivity index (χ1) is 17.0. The van der Waals surface area contributed by atoms with Crippen molar-refractivity contribution >= 4 is 55.8 Å². The number of amides is 1. The lowest BCUT2D eigenvalue weighted by Crippen LogP contribution is -2.44. The van der Waals surface area contributed by atoms with E-state index in [-0.39, 0.29) is 11.9 Å². The van der Waals surface area contributed by atoms with E-state index in [1.54, 1.807) is 6.08 Å². The molecular formula is C26H27N7OS. The third-order valence-corrected chi connectivity index (χ3v) is 7.85. The summed E-state index contributed by atoms with van der Waals surface area (Å²) in [5, 5.41) is 8.61. The van der Waals surface area contributed by atoms with Crippen molar-refractivity contribution in [2.45, 2.75) is 13.0 Å². The molecule has 0 saturated carbocycles. The number of piperazine rings is 1. The summed E-state index contributed by atoms with van der Waals surface area (Å²) in [4.78, 5) is 32.4. The Morgan fingerprint density at radius 1 is 1.09 bits per heavy atom. The fraction of sp³-hybridized carbons (Fsp3) is 0.308. The summed E-state index contributed by atoms with van der Waals surface area (Å²) in [5.74, 6) is 1.48. The minimum absolute atomic E-state index is 0.0224. The molecule has 0 radical (unpaired) electrons. The zero-order valence-corrected chi connectivity index (χ0v) is 20.7. The monoisotopic (exact) mass is 485 g/mol. The van der Waals surface area contributed by atoms with Gasteiger partial charge >= 0.3 is 0 Å². The van der Waals surface area contributed by atoms with E-state index < -0.39 is 0 Å². The number of hydrogen-bond donors (Lipinski definition) is 2. The van der Waals surface area contributed by atoms with Gasteiger partial charge in [-0.1, -0.05) is 6.58 Å². The summed E-state index contributed by atoms with van der Waals surface area (Å²) in [6.45, 7) is 10.4. The Morgan fingerprint density at radius 3 is 2.71 bits per heavy atom. The molecule has 1 saturated heterocycles. The molecule has 0 spiro atoms. The predicted molar refractivity (Wildman–Crippen MR) is 143 cm³/mol. The maximum atomic E-state index is 12.7. The van der Waals surface area contributed by atoms with E-state index in [2.05, 4.69) is 46.2 Å². The van der Waals surface area contributed by atoms with Gasteiger partial charge in [0.05, 0.1) is 22.6 Å². The summed E-state index contributed by atoms with van der Waals surface area (Å²) in [6, 6.07) is 10.3. The molecule has 0 bridgehead atoms. The number of thiophene rings is 1. The number of hydrogen-bond acceptors (Lipinski definition) is 8. The van der Waals surface area contributed by atoms with Gasteiger partial charge in [0.15, 0.2) is 5.82 Å². The Morgan fingerprint density at radius 2 is 1.91 bits per heavy atom. The SMILES string of the molecule is C=Cc1nc(-c2ccc3c(ccc4sc5c(c43)NC[C@@H](C)NC5=O)n2)cc(N2CCN(C)CC2)n1. The van der Waals surface area contributed by atoms with Crippen molar-refractivity contribution in [1.82, 2.24) is 25.2 Å². The van der Waals surface area contributed by atoms with E-state index >= 15 is 0 Å². The molecule has 2 aliphatic heterocycles. The molecule has 178 valence electrons. The maximum absolute atomic E-state index is 12.7. The van der Waals surface area contributed by atoms with Gasteiger partial charge in [-0.15, -0.1) is 11.3 Å². The lowest BCUT2D eigenvalue weighted by atomic mass is 10.1. The van der Waals surface area contributed by atoms with Crippen LogP contribution < -0.4 is 15.5 Å². The van der Waals surface area contributed by atoms with Gasteiger partial charge in [0.25, 0.3) is 5.91 Å². The molecule has 8 nitrogen and oxygen atoms in total. The number of pyridine rings is 1. The zero-order chi connectivity index (χ0) is 24.1. The first kappa shape index (κ1) is 21.9. The highest BCUT2D eigenvalue weighted by atomic mass is 32.1. The summed E-state index contributed by atoms with van der Waals surface area (Å²) in [5.41, 5.74) is 3.34. The fourth-order valence-electron chi connectivity index (χ4n) is 4.74. The minimum Gasteiger partial charge on any atom is -0.381 e. The highest BCUT2D eigenvalue weighted by Gasteiger charge is 2.25. The standard InChI is InChI=1S/C26H27N7OS/c1-4-21-30-19(13-22(31-21)33-11-9-32(3)10-12-33)18-6-5-16-17(29-18)7-8-20-23(16)24-25(35-20)26(34)28-15(2)14-27-24/h4-8,13,15,27H,1,9-12,14H2,2-3H3,(H,28,34)/t15-/m1/s1. The second kappa shape index (κ2) is 8.58. The van der Waals surface area contributed by atoms with Crippen LogP contribution in [0.1, 0.15) is 22.4 Å². The first-order valence-electron chi connectivity index (χ1n) is 11.9. The van der Waals surface area contributed by atoms with Gasteiger partial charge in [0.2, 0.25) is 0 Å². The lowest BCUT2D eigenvalue weighted by Gasteiger charge is -2.33. The van der Waals surface area contributed by atoms with Crippen LogP contribution in [0, 0.1) is 0 Å². The molecule has 4 aromatic rings. The number of rotatable bonds is 3. The second-order valence-corrected chi connectivity index (χ2v) is 10.3. The molecule has 6 rings (SSSR count). The molecule has 2 N–H and O–H groups in total. The number of likely N-dealkylation sites (N-methyl/N-ethyl adjacent to an activating group) is 1. The van der Waals surface area contributed by atoms with Crippen LogP contribution in [-0.2, 0) is 0 Å². The average molecular weight is 486 g/mol. The Bertz CT molecular complexity index is 1470. The number of carbonyl (C=O) groups is 1. The second-order valence-electron chi connectivity index (χ2n) is 9.23. The fourth-order valence-corrected chi connectivity index (χ4v) is 5.84. The van der Waals surface area contributed by atoms with Crippen LogP contribution in [0.5, 0.6) is 0 Å². The van der Waals surface area contributed by atoms with Crippen LogP contribution in [0.4, 0.5) is 11.5 Å². The van der Waals surface area contributed by atoms with E-state index in [0.717, 1.165) is 74.9 Å². The summed E-state index contributed by atoms with van der Waals surface area (Å²) >= 11 is 1.52. The molecule has 0 unspecified atom stereocenters. The molecular weight excluding hydrogens is 458 g/mol. The number of fused-ring (bicyclic) bond motifs is 5. The smallest absolute Gasteiger partial charge is 0.263 e. The van der Waals surface area contributed by atoms with Gasteiger partial charge in [0, 0.05) is 60.3 Å². The Balaban J connectivity index is 1.44. The topological polar surface area (TPSA) is 86.3 Å². The van der Waals surface area contributed by atoms with Crippen molar-refractivity contribution < 1.29 is 4.79 Å². The van der Waals surface area contributed by atoms with Crippen molar-refractivity contribution in [3.63, 3.8) is 0 Å². The third-order valence-electron chi connectivity index (χ3n) is 6.69.